The van der Waals surface area contributed by atoms with E-state index in [0.29, 0.717) is 5.75 Å². The zero-order valence-corrected chi connectivity index (χ0v) is 11.0. The van der Waals surface area contributed by atoms with Crippen molar-refractivity contribution < 1.29 is 15.3 Å². The summed E-state index contributed by atoms with van der Waals surface area (Å²) in [5, 5.41) is 28.8. The average Bonchev–Trinajstić information content (AvgIpc) is 2.18. The van der Waals surface area contributed by atoms with Crippen molar-refractivity contribution in [1.29, 1.82) is 0 Å². The lowest BCUT2D eigenvalue weighted by atomic mass is 10.1. The summed E-state index contributed by atoms with van der Waals surface area (Å²) in [6.45, 7) is 0. The van der Waals surface area contributed by atoms with E-state index in [-0.39, 0.29) is 4.58 Å². The molecule has 0 aliphatic heterocycles. The fraction of sp³-hybridized carbons (Fsp3) is 1.00. The molecule has 0 saturated carbocycles. The minimum Gasteiger partial charge on any atom is -0.389 e. The molecule has 0 spiro atoms. The van der Waals surface area contributed by atoms with Crippen LogP contribution in [0.25, 0.3) is 0 Å². The molecule has 0 bridgehead atoms. The van der Waals surface area contributed by atoms with Gasteiger partial charge in [0.05, 0.1) is 10.7 Å². The minimum absolute atomic E-state index is 0.0958. The molecule has 0 aliphatic rings. The van der Waals surface area contributed by atoms with Crippen LogP contribution in [0.1, 0.15) is 0 Å². The molecule has 86 valence electrons. The standard InChI is InChI=1S/C8H18O3S3/c1-12-4-5(9)6(10)7(11)8(13-2)14-3/h5-11H,4H2,1-3H3/t5-,6+,7-/m1/s1. The molecule has 0 rings (SSSR count). The van der Waals surface area contributed by atoms with Crippen molar-refractivity contribution in [1.82, 2.24) is 0 Å². The van der Waals surface area contributed by atoms with Crippen LogP contribution in [0.15, 0.2) is 0 Å². The summed E-state index contributed by atoms with van der Waals surface area (Å²) >= 11 is 4.40. The maximum Gasteiger partial charge on any atom is 0.108 e. The van der Waals surface area contributed by atoms with Crippen LogP contribution in [-0.2, 0) is 0 Å². The lowest BCUT2D eigenvalue weighted by Gasteiger charge is -2.27. The van der Waals surface area contributed by atoms with Crippen LogP contribution < -0.4 is 0 Å². The van der Waals surface area contributed by atoms with Crippen molar-refractivity contribution in [2.45, 2.75) is 22.9 Å². The number of aliphatic hydroxyl groups excluding tert-OH is 3. The summed E-state index contributed by atoms with van der Waals surface area (Å²) in [6, 6.07) is 0. The SMILES string of the molecule is CSC[C@@H](O)[C@H](O)[C@@H](O)C(SC)SC. The summed E-state index contributed by atoms with van der Waals surface area (Å²) in [4.78, 5) is 0. The Bertz CT molecular complexity index is 144. The maximum absolute atomic E-state index is 9.71. The molecule has 0 radical (unpaired) electrons. The van der Waals surface area contributed by atoms with E-state index >= 15 is 0 Å². The van der Waals surface area contributed by atoms with Gasteiger partial charge >= 0.3 is 0 Å². The van der Waals surface area contributed by atoms with Gasteiger partial charge in [0.2, 0.25) is 0 Å². The highest BCUT2D eigenvalue weighted by Crippen LogP contribution is 2.25. The normalized spacial score (nSPS) is 18.2. The monoisotopic (exact) mass is 258 g/mol. The van der Waals surface area contributed by atoms with Gasteiger partial charge in [-0.05, 0) is 18.8 Å². The third-order valence-electron chi connectivity index (χ3n) is 1.83. The second-order valence-electron chi connectivity index (χ2n) is 2.84. The van der Waals surface area contributed by atoms with E-state index in [1.807, 2.05) is 18.8 Å². The Kier molecular flexibility index (Phi) is 8.66. The smallest absolute Gasteiger partial charge is 0.108 e. The molecule has 0 heterocycles. The van der Waals surface area contributed by atoms with Crippen molar-refractivity contribution in [3.63, 3.8) is 0 Å². The lowest BCUT2D eigenvalue weighted by Crippen LogP contribution is -2.43. The Morgan fingerprint density at radius 3 is 1.79 bits per heavy atom. The summed E-state index contributed by atoms with van der Waals surface area (Å²) in [5.41, 5.74) is 0. The first-order chi connectivity index (χ1) is 6.58. The Hall–Kier alpha value is 0.930. The van der Waals surface area contributed by atoms with Crippen molar-refractivity contribution >= 4 is 35.3 Å². The van der Waals surface area contributed by atoms with Crippen molar-refractivity contribution in [3.8, 4) is 0 Å². The highest BCUT2D eigenvalue weighted by Gasteiger charge is 2.30. The topological polar surface area (TPSA) is 60.7 Å². The molecule has 0 unspecified atom stereocenters. The number of rotatable bonds is 7. The predicted octanol–water partition coefficient (Wildman–Crippen LogP) is 0.484. The summed E-state index contributed by atoms with van der Waals surface area (Å²) in [7, 11) is 0. The van der Waals surface area contributed by atoms with Gasteiger partial charge in [0.1, 0.15) is 12.2 Å². The number of hydrogen-bond acceptors (Lipinski definition) is 6. The van der Waals surface area contributed by atoms with Gasteiger partial charge in [-0.25, -0.2) is 0 Å². The highest BCUT2D eigenvalue weighted by atomic mass is 32.2. The number of thioether (sulfide) groups is 3. The third kappa shape index (κ3) is 4.63. The van der Waals surface area contributed by atoms with E-state index in [2.05, 4.69) is 0 Å². The highest BCUT2D eigenvalue weighted by molar-refractivity contribution is 8.16. The Labute approximate surface area is 98.0 Å². The van der Waals surface area contributed by atoms with Crippen LogP contribution in [0.2, 0.25) is 0 Å². The van der Waals surface area contributed by atoms with Gasteiger partial charge in [0.25, 0.3) is 0 Å². The molecule has 0 fully saturated rings. The van der Waals surface area contributed by atoms with Gasteiger partial charge in [-0.2, -0.15) is 11.8 Å². The fourth-order valence-corrected chi connectivity index (χ4v) is 3.22. The molecule has 0 saturated heterocycles. The van der Waals surface area contributed by atoms with Gasteiger partial charge in [-0.15, -0.1) is 23.5 Å². The molecule has 0 amide bonds. The first kappa shape index (κ1) is 14.9. The van der Waals surface area contributed by atoms with Gasteiger partial charge < -0.3 is 15.3 Å². The average molecular weight is 258 g/mol. The second kappa shape index (κ2) is 8.13. The molecule has 3 nitrogen and oxygen atoms in total. The molecule has 3 N–H and O–H groups in total. The summed E-state index contributed by atoms with van der Waals surface area (Å²) in [5.74, 6) is 0.438. The molecule has 0 aromatic heterocycles. The quantitative estimate of drug-likeness (QED) is 0.578. The van der Waals surface area contributed by atoms with E-state index in [4.69, 9.17) is 0 Å². The van der Waals surface area contributed by atoms with E-state index in [1.165, 1.54) is 35.3 Å². The largest absolute Gasteiger partial charge is 0.389 e. The molecule has 0 aromatic carbocycles. The van der Waals surface area contributed by atoms with Gasteiger partial charge in [-0.1, -0.05) is 0 Å². The van der Waals surface area contributed by atoms with Crippen molar-refractivity contribution in [2.75, 3.05) is 24.5 Å². The van der Waals surface area contributed by atoms with Gasteiger partial charge in [0.15, 0.2) is 0 Å². The maximum atomic E-state index is 9.71. The van der Waals surface area contributed by atoms with Gasteiger partial charge in [0, 0.05) is 5.75 Å². The van der Waals surface area contributed by atoms with E-state index in [9.17, 15) is 15.3 Å². The third-order valence-corrected chi connectivity index (χ3v) is 5.14. The first-order valence-electron chi connectivity index (χ1n) is 4.17. The molecule has 0 aliphatic carbocycles. The van der Waals surface area contributed by atoms with Crippen LogP contribution in [0.5, 0.6) is 0 Å². The number of hydrogen-bond donors (Lipinski definition) is 3. The van der Waals surface area contributed by atoms with Crippen molar-refractivity contribution in [2.24, 2.45) is 0 Å². The van der Waals surface area contributed by atoms with E-state index < -0.39 is 18.3 Å². The number of aliphatic hydroxyl groups is 3. The Balaban J connectivity index is 4.13. The Morgan fingerprint density at radius 2 is 1.43 bits per heavy atom. The summed E-state index contributed by atoms with van der Waals surface area (Å²) in [6.07, 6.45) is 2.79. The zero-order valence-electron chi connectivity index (χ0n) is 8.58. The van der Waals surface area contributed by atoms with Crippen molar-refractivity contribution in [3.05, 3.63) is 0 Å². The minimum atomic E-state index is -1.06. The molecule has 3 atom stereocenters. The van der Waals surface area contributed by atoms with Crippen LogP contribution in [-0.4, -0.2) is 62.7 Å². The Morgan fingerprint density at radius 1 is 0.929 bits per heavy atom. The lowest BCUT2D eigenvalue weighted by molar-refractivity contribution is -0.0427. The van der Waals surface area contributed by atoms with E-state index in [1.54, 1.807) is 0 Å². The van der Waals surface area contributed by atoms with Crippen LogP contribution >= 0.6 is 35.3 Å². The van der Waals surface area contributed by atoms with Crippen LogP contribution in [0.4, 0.5) is 0 Å². The molecule has 0 aromatic rings. The zero-order chi connectivity index (χ0) is 11.1. The fourth-order valence-electron chi connectivity index (χ4n) is 1.03. The molecular weight excluding hydrogens is 240 g/mol. The van der Waals surface area contributed by atoms with Crippen LogP contribution in [0.3, 0.4) is 0 Å². The predicted molar refractivity (Wildman–Crippen MR) is 67.2 cm³/mol. The molecule has 14 heavy (non-hydrogen) atoms. The molecule has 6 heteroatoms. The van der Waals surface area contributed by atoms with Crippen LogP contribution in [0, 0.1) is 0 Å². The second-order valence-corrected chi connectivity index (χ2v) is 6.01. The van der Waals surface area contributed by atoms with Gasteiger partial charge in [-0.3, -0.25) is 0 Å². The summed E-state index contributed by atoms with van der Waals surface area (Å²) < 4.78 is -0.0958. The first-order valence-corrected chi connectivity index (χ1v) is 8.14. The van der Waals surface area contributed by atoms with E-state index in [0.717, 1.165) is 0 Å². The molecular formula is C8H18O3S3.